The molecule has 0 amide bonds. The van der Waals surface area contributed by atoms with E-state index in [4.69, 9.17) is 9.47 Å². The highest BCUT2D eigenvalue weighted by Crippen LogP contribution is 2.39. The summed E-state index contributed by atoms with van der Waals surface area (Å²) < 4.78 is 53.0. The van der Waals surface area contributed by atoms with Gasteiger partial charge in [0, 0.05) is 29.4 Å². The summed E-state index contributed by atoms with van der Waals surface area (Å²) in [6, 6.07) is 27.5. The van der Waals surface area contributed by atoms with E-state index in [0.29, 0.717) is 36.5 Å². The first-order valence-electron chi connectivity index (χ1n) is 13.0. The number of aromatic nitrogens is 1. The van der Waals surface area contributed by atoms with Gasteiger partial charge in [0.1, 0.15) is 0 Å². The Balaban J connectivity index is 1.57. The van der Waals surface area contributed by atoms with E-state index in [9.17, 15) is 13.2 Å². The molecule has 0 aliphatic heterocycles. The number of nitrogens with zero attached hydrogens (tertiary/aromatic N) is 1. The molecule has 0 bridgehead atoms. The van der Waals surface area contributed by atoms with Crippen molar-refractivity contribution in [2.75, 3.05) is 19.0 Å². The molecule has 0 aliphatic carbocycles. The first kappa shape index (κ1) is 27.1. The third kappa shape index (κ3) is 5.73. The van der Waals surface area contributed by atoms with E-state index in [1.54, 1.807) is 19.4 Å². The van der Waals surface area contributed by atoms with Gasteiger partial charge in [-0.15, -0.1) is 0 Å². The fourth-order valence-corrected chi connectivity index (χ4v) is 4.94. The summed E-state index contributed by atoms with van der Waals surface area (Å²) >= 11 is 0. The van der Waals surface area contributed by atoms with Crippen LogP contribution in [0.5, 0.6) is 11.5 Å². The number of benzene rings is 4. The Labute approximate surface area is 231 Å². The van der Waals surface area contributed by atoms with Crippen LogP contribution in [0.1, 0.15) is 29.2 Å². The molecule has 1 aromatic heterocycles. The Morgan fingerprint density at radius 2 is 1.62 bits per heavy atom. The molecule has 40 heavy (non-hydrogen) atoms. The van der Waals surface area contributed by atoms with Crippen LogP contribution in [-0.2, 0) is 19.1 Å². The zero-order valence-corrected chi connectivity index (χ0v) is 22.3. The van der Waals surface area contributed by atoms with E-state index in [1.807, 2.05) is 79.7 Å². The highest BCUT2D eigenvalue weighted by Gasteiger charge is 2.33. The molecular formula is C33H29F3N2O2. The smallest absolute Gasteiger partial charge is 0.418 e. The molecule has 5 aromatic rings. The summed E-state index contributed by atoms with van der Waals surface area (Å²) in [6.07, 6.45) is -2.40. The summed E-state index contributed by atoms with van der Waals surface area (Å²) in [6.45, 7) is 2.90. The number of rotatable bonds is 9. The summed E-state index contributed by atoms with van der Waals surface area (Å²) in [7, 11) is 1.61. The average Bonchev–Trinajstić information content (AvgIpc) is 2.96. The maximum atomic E-state index is 13.9. The largest absolute Gasteiger partial charge is 0.493 e. The number of pyridine rings is 1. The average molecular weight is 543 g/mol. The molecule has 4 aromatic carbocycles. The summed E-state index contributed by atoms with van der Waals surface area (Å²) in [4.78, 5) is 4.31. The van der Waals surface area contributed by atoms with Crippen LogP contribution >= 0.6 is 0 Å². The van der Waals surface area contributed by atoms with E-state index >= 15 is 0 Å². The Hall–Kier alpha value is -4.52. The normalized spacial score (nSPS) is 11.4. The van der Waals surface area contributed by atoms with Crippen molar-refractivity contribution in [3.05, 3.63) is 119 Å². The fourth-order valence-electron chi connectivity index (χ4n) is 4.94. The van der Waals surface area contributed by atoms with E-state index in [-0.39, 0.29) is 5.52 Å². The van der Waals surface area contributed by atoms with Gasteiger partial charge in [-0.05, 0) is 59.9 Å². The molecule has 0 aliphatic rings. The SMILES string of the molecule is CCOc1c(CNc2cccc(-c3c(Cc4ccccc4)cnc4c(C(F)(F)F)cccc34)c2)cccc1OC. The number of ether oxygens (including phenoxy) is 2. The minimum absolute atomic E-state index is 0.0575. The Morgan fingerprint density at radius 3 is 2.38 bits per heavy atom. The summed E-state index contributed by atoms with van der Waals surface area (Å²) in [5.41, 5.74) is 4.39. The molecule has 0 saturated carbocycles. The van der Waals surface area contributed by atoms with Crippen LogP contribution < -0.4 is 14.8 Å². The number of alkyl halides is 3. The minimum Gasteiger partial charge on any atom is -0.493 e. The van der Waals surface area contributed by atoms with Crippen molar-refractivity contribution in [2.24, 2.45) is 0 Å². The molecule has 0 saturated heterocycles. The first-order chi connectivity index (χ1) is 19.4. The molecule has 0 spiro atoms. The number of fused-ring (bicyclic) bond motifs is 1. The van der Waals surface area contributed by atoms with Crippen molar-refractivity contribution in [3.63, 3.8) is 0 Å². The molecular weight excluding hydrogens is 513 g/mol. The molecule has 204 valence electrons. The van der Waals surface area contributed by atoms with E-state index in [2.05, 4.69) is 10.3 Å². The quantitative estimate of drug-likeness (QED) is 0.203. The van der Waals surface area contributed by atoms with Gasteiger partial charge in [0.25, 0.3) is 0 Å². The van der Waals surface area contributed by atoms with E-state index in [0.717, 1.165) is 39.6 Å². The maximum absolute atomic E-state index is 13.9. The van der Waals surface area contributed by atoms with Crippen molar-refractivity contribution in [1.29, 1.82) is 0 Å². The van der Waals surface area contributed by atoms with Crippen LogP contribution in [0.15, 0.2) is 97.2 Å². The molecule has 1 heterocycles. The maximum Gasteiger partial charge on any atom is 0.418 e. The number of hydrogen-bond acceptors (Lipinski definition) is 4. The number of para-hydroxylation sites is 2. The molecule has 0 fully saturated rings. The van der Waals surface area contributed by atoms with E-state index < -0.39 is 11.7 Å². The van der Waals surface area contributed by atoms with E-state index in [1.165, 1.54) is 6.07 Å². The van der Waals surface area contributed by atoms with Crippen molar-refractivity contribution < 1.29 is 22.6 Å². The van der Waals surface area contributed by atoms with Crippen LogP contribution in [-0.4, -0.2) is 18.7 Å². The number of nitrogens with one attached hydrogen (secondary N) is 1. The monoisotopic (exact) mass is 542 g/mol. The molecule has 0 atom stereocenters. The van der Waals surface area contributed by atoms with Crippen LogP contribution in [0.2, 0.25) is 0 Å². The van der Waals surface area contributed by atoms with Crippen LogP contribution in [0, 0.1) is 0 Å². The lowest BCUT2D eigenvalue weighted by Gasteiger charge is -2.18. The van der Waals surface area contributed by atoms with Gasteiger partial charge in [0.05, 0.1) is 24.8 Å². The van der Waals surface area contributed by atoms with Gasteiger partial charge in [-0.1, -0.05) is 66.7 Å². The van der Waals surface area contributed by atoms with Crippen molar-refractivity contribution in [2.45, 2.75) is 26.1 Å². The molecule has 0 radical (unpaired) electrons. The van der Waals surface area contributed by atoms with Gasteiger partial charge in [-0.3, -0.25) is 4.98 Å². The lowest BCUT2D eigenvalue weighted by atomic mass is 9.91. The Morgan fingerprint density at radius 1 is 0.850 bits per heavy atom. The van der Waals surface area contributed by atoms with Crippen molar-refractivity contribution in [1.82, 2.24) is 4.98 Å². The molecule has 5 rings (SSSR count). The lowest BCUT2D eigenvalue weighted by molar-refractivity contribution is -0.136. The molecule has 7 heteroatoms. The highest BCUT2D eigenvalue weighted by atomic mass is 19.4. The second kappa shape index (κ2) is 11.7. The van der Waals surface area contributed by atoms with Gasteiger partial charge >= 0.3 is 6.18 Å². The first-order valence-corrected chi connectivity index (χ1v) is 13.0. The summed E-state index contributed by atoms with van der Waals surface area (Å²) in [5, 5.41) is 3.91. The zero-order valence-electron chi connectivity index (χ0n) is 22.3. The predicted octanol–water partition coefficient (Wildman–Crippen LogP) is 8.53. The van der Waals surface area contributed by atoms with Crippen molar-refractivity contribution >= 4 is 16.6 Å². The van der Waals surface area contributed by atoms with Crippen LogP contribution in [0.25, 0.3) is 22.0 Å². The van der Waals surface area contributed by atoms with Gasteiger partial charge in [-0.25, -0.2) is 0 Å². The third-order valence-corrected chi connectivity index (χ3v) is 6.72. The Kier molecular flexibility index (Phi) is 7.91. The predicted molar refractivity (Wildman–Crippen MR) is 153 cm³/mol. The van der Waals surface area contributed by atoms with Crippen LogP contribution in [0.3, 0.4) is 0 Å². The van der Waals surface area contributed by atoms with Crippen LogP contribution in [0.4, 0.5) is 18.9 Å². The number of halogens is 3. The second-order valence-corrected chi connectivity index (χ2v) is 9.34. The fraction of sp³-hybridized carbons (Fsp3) is 0.182. The number of methoxy groups -OCH3 is 1. The standard InChI is InChI=1S/C33H29F3N2O2/c1-3-40-32-24(13-8-17-29(32)39-2)20-37-26-14-7-12-23(19-26)30-25(18-22-10-5-4-6-11-22)21-38-31-27(30)15-9-16-28(31)33(34,35)36/h4-17,19,21,37H,3,18,20H2,1-2H3. The topological polar surface area (TPSA) is 43.4 Å². The van der Waals surface area contributed by atoms with Gasteiger partial charge < -0.3 is 14.8 Å². The van der Waals surface area contributed by atoms with Crippen molar-refractivity contribution in [3.8, 4) is 22.6 Å². The number of hydrogen-bond donors (Lipinski definition) is 1. The Bertz CT molecular complexity index is 1620. The molecule has 0 unspecified atom stereocenters. The summed E-state index contributed by atoms with van der Waals surface area (Å²) in [5.74, 6) is 1.34. The third-order valence-electron chi connectivity index (χ3n) is 6.72. The zero-order chi connectivity index (χ0) is 28.1. The molecule has 4 nitrogen and oxygen atoms in total. The van der Waals surface area contributed by atoms with Gasteiger partial charge in [0.15, 0.2) is 11.5 Å². The molecule has 1 N–H and O–H groups in total. The number of anilines is 1. The lowest BCUT2D eigenvalue weighted by Crippen LogP contribution is -2.07. The van der Waals surface area contributed by atoms with Gasteiger partial charge in [-0.2, -0.15) is 13.2 Å². The second-order valence-electron chi connectivity index (χ2n) is 9.34. The highest BCUT2D eigenvalue weighted by molar-refractivity contribution is 5.98. The van der Waals surface area contributed by atoms with Gasteiger partial charge in [0.2, 0.25) is 0 Å². The minimum atomic E-state index is -4.51.